The van der Waals surface area contributed by atoms with Crippen LogP contribution in [0.5, 0.6) is 0 Å². The Labute approximate surface area is 166 Å². The molecule has 4 rings (SSSR count). The first-order valence-electron chi connectivity index (χ1n) is 10.5. The lowest BCUT2D eigenvalue weighted by Gasteiger charge is -2.36. The van der Waals surface area contributed by atoms with Crippen LogP contribution < -0.4 is 10.2 Å². The maximum absolute atomic E-state index is 8.93. The molecule has 0 amide bonds. The van der Waals surface area contributed by atoms with Gasteiger partial charge in [0.25, 0.3) is 0 Å². The van der Waals surface area contributed by atoms with Gasteiger partial charge in [0.2, 0.25) is 0 Å². The molecular weight excluding hydrogens is 356 g/mol. The lowest BCUT2D eigenvalue weighted by molar-refractivity contribution is 0.206. The molecular formula is C21H32N4OS. The highest BCUT2D eigenvalue weighted by atomic mass is 32.1. The van der Waals surface area contributed by atoms with E-state index in [0.29, 0.717) is 6.04 Å². The Morgan fingerprint density at radius 2 is 1.85 bits per heavy atom. The molecule has 0 radical (unpaired) electrons. The number of rotatable bonds is 7. The number of anilines is 1. The first kappa shape index (κ1) is 19.1. The first-order chi connectivity index (χ1) is 13.3. The number of aliphatic hydroxyl groups is 1. The molecule has 2 aromatic rings. The lowest BCUT2D eigenvalue weighted by Crippen LogP contribution is -2.47. The second-order valence-electron chi connectivity index (χ2n) is 8.02. The minimum atomic E-state index is 0.253. The van der Waals surface area contributed by atoms with Gasteiger partial charge in [0.05, 0.1) is 11.3 Å². The van der Waals surface area contributed by atoms with Gasteiger partial charge < -0.3 is 15.3 Å². The van der Waals surface area contributed by atoms with Gasteiger partial charge in [-0.05, 0) is 68.2 Å². The first-order valence-corrected chi connectivity index (χ1v) is 11.3. The molecule has 1 saturated heterocycles. The molecule has 6 heteroatoms. The molecule has 1 aliphatic carbocycles. The van der Waals surface area contributed by atoms with Crippen LogP contribution in [0.25, 0.3) is 10.1 Å². The van der Waals surface area contributed by atoms with E-state index in [-0.39, 0.29) is 6.61 Å². The molecule has 2 aliphatic rings. The van der Waals surface area contributed by atoms with Crippen LogP contribution in [0.3, 0.4) is 0 Å². The van der Waals surface area contributed by atoms with E-state index >= 15 is 0 Å². The molecule has 148 valence electrons. The maximum atomic E-state index is 8.93. The smallest absolute Gasteiger partial charge is 0.150 e. The molecule has 2 heterocycles. The van der Waals surface area contributed by atoms with Gasteiger partial charge in [-0.3, -0.25) is 4.90 Å². The van der Waals surface area contributed by atoms with Gasteiger partial charge in [-0.2, -0.15) is 4.37 Å². The summed E-state index contributed by atoms with van der Waals surface area (Å²) in [5, 5.41) is 13.7. The molecule has 0 spiro atoms. The van der Waals surface area contributed by atoms with Gasteiger partial charge >= 0.3 is 0 Å². The normalized spacial score (nSPS) is 24.6. The minimum Gasteiger partial charge on any atom is -0.395 e. The van der Waals surface area contributed by atoms with Gasteiger partial charge in [-0.1, -0.05) is 12.1 Å². The van der Waals surface area contributed by atoms with E-state index < -0.39 is 0 Å². The molecule has 0 atom stereocenters. The Hall–Kier alpha value is -1.21. The van der Waals surface area contributed by atoms with Crippen LogP contribution in [0.1, 0.15) is 32.1 Å². The third kappa shape index (κ3) is 4.80. The lowest BCUT2D eigenvalue weighted by atomic mass is 9.84. The summed E-state index contributed by atoms with van der Waals surface area (Å²) in [5.41, 5.74) is 0. The zero-order chi connectivity index (χ0) is 18.5. The Morgan fingerprint density at radius 3 is 2.63 bits per heavy atom. The molecule has 27 heavy (non-hydrogen) atoms. The van der Waals surface area contributed by atoms with Crippen LogP contribution in [0.2, 0.25) is 0 Å². The fourth-order valence-electron chi connectivity index (χ4n) is 4.57. The summed E-state index contributed by atoms with van der Waals surface area (Å²) in [5.74, 6) is 2.07. The number of fused-ring (bicyclic) bond motifs is 1. The summed E-state index contributed by atoms with van der Waals surface area (Å²) in [4.78, 5) is 5.11. The average molecular weight is 389 g/mol. The third-order valence-corrected chi connectivity index (χ3v) is 7.09. The number of aromatic nitrogens is 1. The molecule has 2 fully saturated rings. The summed E-state index contributed by atoms with van der Waals surface area (Å²) < 4.78 is 6.01. The number of benzene rings is 1. The summed E-state index contributed by atoms with van der Waals surface area (Å²) >= 11 is 1.62. The summed E-state index contributed by atoms with van der Waals surface area (Å²) in [6.45, 7) is 6.72. The van der Waals surface area contributed by atoms with Crippen LogP contribution in [0.4, 0.5) is 5.82 Å². The summed E-state index contributed by atoms with van der Waals surface area (Å²) in [6.07, 6.45) is 6.57. The van der Waals surface area contributed by atoms with Crippen LogP contribution in [-0.4, -0.2) is 66.3 Å². The van der Waals surface area contributed by atoms with Gasteiger partial charge in [-0.15, -0.1) is 0 Å². The standard InChI is InChI=1S/C21H32N4OS/c26-16-10-22-18-7-5-17(6-8-18)9-11-24-12-14-25(15-13-24)21-19-3-1-2-4-20(19)27-23-21/h1-4,17-18,22,26H,5-16H2. The second kappa shape index (κ2) is 9.32. The Bertz CT molecular complexity index is 705. The van der Waals surface area contributed by atoms with E-state index in [1.165, 1.54) is 54.6 Å². The van der Waals surface area contributed by atoms with E-state index in [1.807, 2.05) is 0 Å². The number of hydrogen-bond donors (Lipinski definition) is 2. The van der Waals surface area contributed by atoms with Gasteiger partial charge in [0.1, 0.15) is 5.82 Å². The number of hydrogen-bond acceptors (Lipinski definition) is 6. The largest absolute Gasteiger partial charge is 0.395 e. The fourth-order valence-corrected chi connectivity index (χ4v) is 5.37. The molecule has 1 aromatic heterocycles. The predicted molar refractivity (Wildman–Crippen MR) is 114 cm³/mol. The molecule has 2 N–H and O–H groups in total. The zero-order valence-electron chi connectivity index (χ0n) is 16.1. The Kier molecular flexibility index (Phi) is 6.60. The van der Waals surface area contributed by atoms with Crippen LogP contribution in [0, 0.1) is 5.92 Å². The minimum absolute atomic E-state index is 0.253. The summed E-state index contributed by atoms with van der Waals surface area (Å²) in [7, 11) is 0. The number of piperazine rings is 1. The second-order valence-corrected chi connectivity index (χ2v) is 8.82. The van der Waals surface area contributed by atoms with Crippen molar-refractivity contribution in [3.8, 4) is 0 Å². The number of nitrogens with one attached hydrogen (secondary N) is 1. The summed E-state index contributed by atoms with van der Waals surface area (Å²) in [6, 6.07) is 9.21. The van der Waals surface area contributed by atoms with Crippen molar-refractivity contribution in [2.75, 3.05) is 50.8 Å². The van der Waals surface area contributed by atoms with Crippen molar-refractivity contribution in [1.82, 2.24) is 14.6 Å². The van der Waals surface area contributed by atoms with Crippen LogP contribution >= 0.6 is 11.5 Å². The topological polar surface area (TPSA) is 51.6 Å². The molecule has 5 nitrogen and oxygen atoms in total. The molecule has 1 aliphatic heterocycles. The van der Waals surface area contributed by atoms with E-state index in [0.717, 1.165) is 38.6 Å². The van der Waals surface area contributed by atoms with E-state index in [4.69, 9.17) is 9.48 Å². The monoisotopic (exact) mass is 388 g/mol. The van der Waals surface area contributed by atoms with E-state index in [2.05, 4.69) is 39.4 Å². The maximum Gasteiger partial charge on any atom is 0.150 e. The fraction of sp³-hybridized carbons (Fsp3) is 0.667. The van der Waals surface area contributed by atoms with Crippen molar-refractivity contribution in [3.05, 3.63) is 24.3 Å². The number of nitrogens with zero attached hydrogens (tertiary/aromatic N) is 3. The molecule has 1 aromatic carbocycles. The van der Waals surface area contributed by atoms with E-state index in [1.54, 1.807) is 11.5 Å². The van der Waals surface area contributed by atoms with Crippen molar-refractivity contribution in [3.63, 3.8) is 0 Å². The van der Waals surface area contributed by atoms with Crippen LogP contribution in [0.15, 0.2) is 24.3 Å². The van der Waals surface area contributed by atoms with Crippen molar-refractivity contribution in [1.29, 1.82) is 0 Å². The van der Waals surface area contributed by atoms with Gasteiger partial charge in [0, 0.05) is 44.2 Å². The molecule has 0 bridgehead atoms. The van der Waals surface area contributed by atoms with Crippen molar-refractivity contribution in [2.45, 2.75) is 38.1 Å². The highest BCUT2D eigenvalue weighted by Crippen LogP contribution is 2.30. The highest BCUT2D eigenvalue weighted by Gasteiger charge is 2.23. The van der Waals surface area contributed by atoms with Crippen LogP contribution in [-0.2, 0) is 0 Å². The van der Waals surface area contributed by atoms with Gasteiger partial charge in [-0.25, -0.2) is 0 Å². The quantitative estimate of drug-likeness (QED) is 0.764. The Morgan fingerprint density at radius 1 is 1.07 bits per heavy atom. The molecule has 0 unspecified atom stereocenters. The van der Waals surface area contributed by atoms with Gasteiger partial charge in [0.15, 0.2) is 0 Å². The predicted octanol–water partition coefficient (Wildman–Crippen LogP) is 2.95. The third-order valence-electron chi connectivity index (χ3n) is 6.28. The Balaban J connectivity index is 1.19. The molecule has 1 saturated carbocycles. The van der Waals surface area contributed by atoms with Crippen molar-refractivity contribution in [2.24, 2.45) is 5.92 Å². The number of aliphatic hydroxyl groups excluding tert-OH is 1. The van der Waals surface area contributed by atoms with Crippen molar-refractivity contribution < 1.29 is 5.11 Å². The highest BCUT2D eigenvalue weighted by molar-refractivity contribution is 7.13. The van der Waals surface area contributed by atoms with Crippen molar-refractivity contribution >= 4 is 27.4 Å². The SMILES string of the molecule is OCCNC1CCC(CCN2CCN(c3nsc4ccccc34)CC2)CC1. The average Bonchev–Trinajstić information content (AvgIpc) is 3.16. The zero-order valence-corrected chi connectivity index (χ0v) is 17.0. The van der Waals surface area contributed by atoms with E-state index in [9.17, 15) is 0 Å².